The molecule has 1 aliphatic heterocycles. The van der Waals surface area contributed by atoms with Crippen molar-refractivity contribution in [3.63, 3.8) is 0 Å². The number of hydrogen-bond acceptors (Lipinski definition) is 2. The molecule has 0 amide bonds. The first-order valence-electron chi connectivity index (χ1n) is 7.44. The molecular formula is C18H20BrNO. The maximum absolute atomic E-state index is 5.73. The summed E-state index contributed by atoms with van der Waals surface area (Å²) in [6.07, 6.45) is 2.09. The second kappa shape index (κ2) is 6.63. The number of ether oxygens (including phenoxy) is 1. The highest BCUT2D eigenvalue weighted by atomic mass is 79.9. The van der Waals surface area contributed by atoms with E-state index >= 15 is 0 Å². The molecule has 0 aliphatic carbocycles. The van der Waals surface area contributed by atoms with Crippen LogP contribution in [-0.2, 0) is 6.42 Å². The molecule has 3 heteroatoms. The summed E-state index contributed by atoms with van der Waals surface area (Å²) in [5, 5.41) is 3.68. The Labute approximate surface area is 134 Å². The Morgan fingerprint density at radius 1 is 1.24 bits per heavy atom. The highest BCUT2D eigenvalue weighted by Gasteiger charge is 2.20. The molecule has 1 atom stereocenters. The van der Waals surface area contributed by atoms with Crippen molar-refractivity contribution in [2.75, 3.05) is 13.2 Å². The van der Waals surface area contributed by atoms with Gasteiger partial charge in [-0.15, -0.1) is 0 Å². The van der Waals surface area contributed by atoms with Crippen LogP contribution >= 0.6 is 15.9 Å². The first-order chi connectivity index (χ1) is 10.2. The lowest BCUT2D eigenvalue weighted by Gasteiger charge is -2.27. The van der Waals surface area contributed by atoms with Gasteiger partial charge in [0.05, 0.1) is 6.61 Å². The number of hydrogen-bond donors (Lipinski definition) is 1. The van der Waals surface area contributed by atoms with Crippen molar-refractivity contribution in [2.24, 2.45) is 0 Å². The topological polar surface area (TPSA) is 21.3 Å². The number of nitrogens with one attached hydrogen (secondary N) is 1. The van der Waals surface area contributed by atoms with E-state index in [0.29, 0.717) is 6.04 Å². The molecule has 0 saturated heterocycles. The summed E-state index contributed by atoms with van der Waals surface area (Å²) in [7, 11) is 0. The van der Waals surface area contributed by atoms with Crippen LogP contribution in [0.5, 0.6) is 5.75 Å². The van der Waals surface area contributed by atoms with Gasteiger partial charge in [0.1, 0.15) is 5.75 Å². The average molecular weight is 346 g/mol. The summed E-state index contributed by atoms with van der Waals surface area (Å²) in [6, 6.07) is 15.2. The maximum Gasteiger partial charge on any atom is 0.124 e. The Hall–Kier alpha value is -1.32. The smallest absolute Gasteiger partial charge is 0.124 e. The van der Waals surface area contributed by atoms with Crippen LogP contribution in [0.1, 0.15) is 29.2 Å². The van der Waals surface area contributed by atoms with Crippen LogP contribution < -0.4 is 10.1 Å². The van der Waals surface area contributed by atoms with E-state index in [1.807, 2.05) is 6.07 Å². The standard InChI is InChI=1S/C18H20BrNO/c1-13-4-2-3-5-14(13)8-10-20-17-9-11-21-18-7-6-15(19)12-16(17)18/h2-7,12,17,20H,8-11H2,1H3. The van der Waals surface area contributed by atoms with E-state index < -0.39 is 0 Å². The molecule has 0 aromatic heterocycles. The van der Waals surface area contributed by atoms with E-state index in [4.69, 9.17) is 4.74 Å². The zero-order valence-corrected chi connectivity index (χ0v) is 13.8. The molecule has 1 unspecified atom stereocenters. The molecule has 0 saturated carbocycles. The molecule has 0 bridgehead atoms. The molecule has 1 heterocycles. The largest absolute Gasteiger partial charge is 0.493 e. The monoisotopic (exact) mass is 345 g/mol. The highest BCUT2D eigenvalue weighted by Crippen LogP contribution is 2.34. The molecule has 2 aromatic rings. The molecule has 3 rings (SSSR count). The van der Waals surface area contributed by atoms with E-state index in [1.54, 1.807) is 0 Å². The lowest BCUT2D eigenvalue weighted by Crippen LogP contribution is -2.28. The number of benzene rings is 2. The van der Waals surface area contributed by atoms with Crippen molar-refractivity contribution in [2.45, 2.75) is 25.8 Å². The van der Waals surface area contributed by atoms with E-state index in [1.165, 1.54) is 16.7 Å². The van der Waals surface area contributed by atoms with Gasteiger partial charge in [-0.1, -0.05) is 40.2 Å². The lowest BCUT2D eigenvalue weighted by molar-refractivity contribution is 0.253. The minimum absolute atomic E-state index is 0.385. The van der Waals surface area contributed by atoms with Gasteiger partial charge in [0, 0.05) is 22.5 Å². The van der Waals surface area contributed by atoms with Gasteiger partial charge in [0.15, 0.2) is 0 Å². The molecule has 2 aromatic carbocycles. The van der Waals surface area contributed by atoms with Gasteiger partial charge in [0.25, 0.3) is 0 Å². The Morgan fingerprint density at radius 3 is 2.95 bits per heavy atom. The minimum Gasteiger partial charge on any atom is -0.493 e. The predicted octanol–water partition coefficient (Wildman–Crippen LogP) is 4.41. The van der Waals surface area contributed by atoms with Crippen LogP contribution in [0.15, 0.2) is 46.9 Å². The van der Waals surface area contributed by atoms with Gasteiger partial charge in [-0.25, -0.2) is 0 Å². The van der Waals surface area contributed by atoms with Crippen LogP contribution in [0.2, 0.25) is 0 Å². The van der Waals surface area contributed by atoms with E-state index in [2.05, 4.69) is 64.6 Å². The molecule has 110 valence electrons. The molecule has 0 spiro atoms. The maximum atomic E-state index is 5.73. The molecular weight excluding hydrogens is 326 g/mol. The van der Waals surface area contributed by atoms with Gasteiger partial charge in [-0.3, -0.25) is 0 Å². The third-order valence-corrected chi connectivity index (χ3v) is 4.55. The molecule has 1 N–H and O–H groups in total. The molecule has 21 heavy (non-hydrogen) atoms. The molecule has 0 radical (unpaired) electrons. The predicted molar refractivity (Wildman–Crippen MR) is 89.9 cm³/mol. The van der Waals surface area contributed by atoms with Crippen LogP contribution in [-0.4, -0.2) is 13.2 Å². The van der Waals surface area contributed by atoms with E-state index in [0.717, 1.165) is 36.2 Å². The number of fused-ring (bicyclic) bond motifs is 1. The first kappa shape index (κ1) is 14.6. The number of aryl methyl sites for hydroxylation is 1. The summed E-state index contributed by atoms with van der Waals surface area (Å²) in [6.45, 7) is 3.95. The SMILES string of the molecule is Cc1ccccc1CCNC1CCOc2ccc(Br)cc21. The Balaban J connectivity index is 1.65. The Bertz CT molecular complexity index is 626. The Kier molecular flexibility index (Phi) is 4.61. The zero-order valence-electron chi connectivity index (χ0n) is 12.2. The molecule has 1 aliphatic rings. The summed E-state index contributed by atoms with van der Waals surface area (Å²) in [5.41, 5.74) is 4.06. The summed E-state index contributed by atoms with van der Waals surface area (Å²) in [5.74, 6) is 1.01. The van der Waals surface area contributed by atoms with Gasteiger partial charge in [-0.2, -0.15) is 0 Å². The summed E-state index contributed by atoms with van der Waals surface area (Å²) in [4.78, 5) is 0. The summed E-state index contributed by atoms with van der Waals surface area (Å²) < 4.78 is 6.84. The fourth-order valence-electron chi connectivity index (χ4n) is 2.85. The van der Waals surface area contributed by atoms with Crippen molar-refractivity contribution in [3.05, 3.63) is 63.6 Å². The van der Waals surface area contributed by atoms with Crippen LogP contribution in [0.25, 0.3) is 0 Å². The second-order valence-corrected chi connectivity index (χ2v) is 6.42. The fourth-order valence-corrected chi connectivity index (χ4v) is 3.23. The van der Waals surface area contributed by atoms with Crippen molar-refractivity contribution in [3.8, 4) is 5.75 Å². The van der Waals surface area contributed by atoms with E-state index in [9.17, 15) is 0 Å². The van der Waals surface area contributed by atoms with Crippen molar-refractivity contribution < 1.29 is 4.74 Å². The van der Waals surface area contributed by atoms with Gasteiger partial charge in [0.2, 0.25) is 0 Å². The third kappa shape index (κ3) is 3.47. The van der Waals surface area contributed by atoms with Crippen LogP contribution in [0.4, 0.5) is 0 Å². The fraction of sp³-hybridized carbons (Fsp3) is 0.333. The quantitative estimate of drug-likeness (QED) is 0.885. The number of rotatable bonds is 4. The van der Waals surface area contributed by atoms with Gasteiger partial charge in [-0.05, 0) is 49.2 Å². The minimum atomic E-state index is 0.385. The number of halogens is 1. The van der Waals surface area contributed by atoms with Crippen molar-refractivity contribution in [1.82, 2.24) is 5.32 Å². The normalized spacial score (nSPS) is 17.1. The second-order valence-electron chi connectivity index (χ2n) is 5.50. The van der Waals surface area contributed by atoms with Crippen molar-refractivity contribution >= 4 is 15.9 Å². The van der Waals surface area contributed by atoms with Crippen LogP contribution in [0, 0.1) is 6.92 Å². The first-order valence-corrected chi connectivity index (χ1v) is 8.23. The summed E-state index contributed by atoms with van der Waals surface area (Å²) >= 11 is 3.55. The molecule has 0 fully saturated rings. The van der Waals surface area contributed by atoms with Crippen LogP contribution in [0.3, 0.4) is 0 Å². The zero-order chi connectivity index (χ0) is 14.7. The lowest BCUT2D eigenvalue weighted by atomic mass is 10.00. The van der Waals surface area contributed by atoms with Crippen molar-refractivity contribution in [1.29, 1.82) is 0 Å². The Morgan fingerprint density at radius 2 is 2.10 bits per heavy atom. The highest BCUT2D eigenvalue weighted by molar-refractivity contribution is 9.10. The average Bonchev–Trinajstić information content (AvgIpc) is 2.49. The van der Waals surface area contributed by atoms with Gasteiger partial charge >= 0.3 is 0 Å². The molecule has 2 nitrogen and oxygen atoms in total. The van der Waals surface area contributed by atoms with E-state index in [-0.39, 0.29) is 0 Å². The van der Waals surface area contributed by atoms with Gasteiger partial charge < -0.3 is 10.1 Å². The third-order valence-electron chi connectivity index (χ3n) is 4.06.